The van der Waals surface area contributed by atoms with Gasteiger partial charge in [-0.15, -0.1) is 0 Å². The van der Waals surface area contributed by atoms with Crippen LogP contribution in [0.2, 0.25) is 0 Å². The quantitative estimate of drug-likeness (QED) is 0.719. The van der Waals surface area contributed by atoms with Crippen LogP contribution < -0.4 is 10.1 Å². The molecule has 0 bridgehead atoms. The molecular formula is C10H10F3NO. The number of halogens is 3. The zero-order chi connectivity index (χ0) is 10.9. The lowest BCUT2D eigenvalue weighted by atomic mass is 10.1. The minimum Gasteiger partial charge on any atom is -0.492 e. The molecule has 1 aromatic carbocycles. The molecule has 0 unspecified atom stereocenters. The van der Waals surface area contributed by atoms with Gasteiger partial charge in [-0.3, -0.25) is 0 Å². The van der Waals surface area contributed by atoms with Gasteiger partial charge in [0.25, 0.3) is 0 Å². The minimum atomic E-state index is -4.32. The van der Waals surface area contributed by atoms with Crippen LogP contribution in [0.15, 0.2) is 18.2 Å². The summed E-state index contributed by atoms with van der Waals surface area (Å²) in [6, 6.07) is 4.01. The number of alkyl halides is 3. The summed E-state index contributed by atoms with van der Waals surface area (Å²) < 4.78 is 43.1. The number of hydrogen-bond acceptors (Lipinski definition) is 2. The molecule has 1 aliphatic heterocycles. The highest BCUT2D eigenvalue weighted by Gasteiger charge is 2.34. The van der Waals surface area contributed by atoms with E-state index in [0.29, 0.717) is 18.9 Å². The maximum atomic E-state index is 12.6. The molecule has 1 N–H and O–H groups in total. The van der Waals surface area contributed by atoms with Gasteiger partial charge in [0.1, 0.15) is 12.4 Å². The van der Waals surface area contributed by atoms with Crippen molar-refractivity contribution >= 4 is 0 Å². The van der Waals surface area contributed by atoms with Crippen LogP contribution in [0.5, 0.6) is 5.75 Å². The molecule has 0 fully saturated rings. The van der Waals surface area contributed by atoms with E-state index in [-0.39, 0.29) is 12.1 Å². The second-order valence-corrected chi connectivity index (χ2v) is 3.31. The molecule has 2 nitrogen and oxygen atoms in total. The standard InChI is InChI=1S/C10H10F3NO/c11-10(12,13)8-2-1-3-9-7(8)6-14-4-5-15-9/h1-3,14H,4-6H2. The van der Waals surface area contributed by atoms with Crippen molar-refractivity contribution < 1.29 is 17.9 Å². The van der Waals surface area contributed by atoms with Crippen LogP contribution in [0.25, 0.3) is 0 Å². The summed E-state index contributed by atoms with van der Waals surface area (Å²) in [5.74, 6) is 0.329. The lowest BCUT2D eigenvalue weighted by Gasteiger charge is -2.14. The molecule has 0 saturated carbocycles. The van der Waals surface area contributed by atoms with E-state index in [4.69, 9.17) is 4.74 Å². The number of fused-ring (bicyclic) bond motifs is 1. The van der Waals surface area contributed by atoms with Gasteiger partial charge >= 0.3 is 6.18 Å². The Kier molecular flexibility index (Phi) is 2.56. The first-order chi connectivity index (χ1) is 7.09. The molecule has 15 heavy (non-hydrogen) atoms. The maximum Gasteiger partial charge on any atom is 0.416 e. The molecule has 0 radical (unpaired) electrons. The van der Waals surface area contributed by atoms with Crippen LogP contribution in [0.4, 0.5) is 13.2 Å². The summed E-state index contributed by atoms with van der Waals surface area (Å²) in [6.07, 6.45) is -4.32. The van der Waals surface area contributed by atoms with Crippen LogP contribution in [0, 0.1) is 0 Å². The fourth-order valence-corrected chi connectivity index (χ4v) is 1.60. The van der Waals surface area contributed by atoms with Gasteiger partial charge in [-0.05, 0) is 12.1 Å². The molecule has 2 rings (SSSR count). The van der Waals surface area contributed by atoms with E-state index in [9.17, 15) is 13.2 Å². The highest BCUT2D eigenvalue weighted by molar-refractivity contribution is 5.42. The van der Waals surface area contributed by atoms with Crippen LogP contribution in [-0.4, -0.2) is 13.2 Å². The Morgan fingerprint density at radius 1 is 1.27 bits per heavy atom. The van der Waals surface area contributed by atoms with Crippen LogP contribution in [0.3, 0.4) is 0 Å². The van der Waals surface area contributed by atoms with Gasteiger partial charge in [-0.25, -0.2) is 0 Å². The van der Waals surface area contributed by atoms with E-state index >= 15 is 0 Å². The summed E-state index contributed by atoms with van der Waals surface area (Å²) in [7, 11) is 0. The van der Waals surface area contributed by atoms with Crippen molar-refractivity contribution in [3.05, 3.63) is 29.3 Å². The molecule has 5 heteroatoms. The predicted octanol–water partition coefficient (Wildman–Crippen LogP) is 2.19. The van der Waals surface area contributed by atoms with E-state index < -0.39 is 11.7 Å². The van der Waals surface area contributed by atoms with Crippen LogP contribution >= 0.6 is 0 Å². The highest BCUT2D eigenvalue weighted by atomic mass is 19.4. The molecular weight excluding hydrogens is 207 g/mol. The fourth-order valence-electron chi connectivity index (χ4n) is 1.60. The third-order valence-electron chi connectivity index (χ3n) is 2.28. The molecule has 0 saturated heterocycles. The summed E-state index contributed by atoms with van der Waals surface area (Å²) in [4.78, 5) is 0. The molecule has 82 valence electrons. The third kappa shape index (κ3) is 2.07. The first-order valence-corrected chi connectivity index (χ1v) is 4.61. The molecule has 1 aliphatic rings. The molecule has 0 aromatic heterocycles. The van der Waals surface area contributed by atoms with E-state index in [1.54, 1.807) is 6.07 Å². The number of benzene rings is 1. The van der Waals surface area contributed by atoms with Gasteiger partial charge in [0.05, 0.1) is 5.56 Å². The normalized spacial score (nSPS) is 16.5. The van der Waals surface area contributed by atoms with Crippen molar-refractivity contribution in [2.24, 2.45) is 0 Å². The monoisotopic (exact) mass is 217 g/mol. The van der Waals surface area contributed by atoms with E-state index in [0.717, 1.165) is 6.07 Å². The Morgan fingerprint density at radius 3 is 2.80 bits per heavy atom. The van der Waals surface area contributed by atoms with Crippen molar-refractivity contribution in [1.82, 2.24) is 5.32 Å². The summed E-state index contributed by atoms with van der Waals surface area (Å²) in [5.41, 5.74) is -0.420. The third-order valence-corrected chi connectivity index (χ3v) is 2.28. The van der Waals surface area contributed by atoms with E-state index in [1.165, 1.54) is 6.07 Å². The van der Waals surface area contributed by atoms with Gasteiger partial charge in [-0.1, -0.05) is 6.07 Å². The average molecular weight is 217 g/mol. The molecule has 0 aliphatic carbocycles. The summed E-state index contributed by atoms with van der Waals surface area (Å²) in [6.45, 7) is 1.16. The predicted molar refractivity (Wildman–Crippen MR) is 48.6 cm³/mol. The van der Waals surface area contributed by atoms with Crippen molar-refractivity contribution in [3.8, 4) is 5.75 Å². The van der Waals surface area contributed by atoms with Crippen molar-refractivity contribution in [3.63, 3.8) is 0 Å². The lowest BCUT2D eigenvalue weighted by molar-refractivity contribution is -0.138. The van der Waals surface area contributed by atoms with Crippen molar-refractivity contribution in [2.75, 3.05) is 13.2 Å². The van der Waals surface area contributed by atoms with Gasteiger partial charge in [-0.2, -0.15) is 13.2 Å². The van der Waals surface area contributed by atoms with Gasteiger partial charge in [0.2, 0.25) is 0 Å². The second kappa shape index (κ2) is 3.73. The smallest absolute Gasteiger partial charge is 0.416 e. The Balaban J connectivity index is 2.48. The molecule has 0 amide bonds. The zero-order valence-corrected chi connectivity index (χ0v) is 7.90. The van der Waals surface area contributed by atoms with Crippen molar-refractivity contribution in [2.45, 2.75) is 12.7 Å². The number of nitrogens with one attached hydrogen (secondary N) is 1. The number of ether oxygens (including phenoxy) is 1. The Morgan fingerprint density at radius 2 is 2.07 bits per heavy atom. The number of hydrogen-bond donors (Lipinski definition) is 1. The lowest BCUT2D eigenvalue weighted by Crippen LogP contribution is -2.18. The molecule has 0 spiro atoms. The molecule has 0 atom stereocenters. The Bertz CT molecular complexity index is 362. The van der Waals surface area contributed by atoms with E-state index in [2.05, 4.69) is 5.32 Å². The summed E-state index contributed by atoms with van der Waals surface area (Å²) >= 11 is 0. The van der Waals surface area contributed by atoms with Crippen LogP contribution in [0.1, 0.15) is 11.1 Å². The number of rotatable bonds is 0. The van der Waals surface area contributed by atoms with Gasteiger partial charge in [0, 0.05) is 18.7 Å². The SMILES string of the molecule is FC(F)(F)c1cccc2c1CNCCO2. The minimum absolute atomic E-state index is 0.197. The zero-order valence-electron chi connectivity index (χ0n) is 7.90. The second-order valence-electron chi connectivity index (χ2n) is 3.31. The van der Waals surface area contributed by atoms with Gasteiger partial charge < -0.3 is 10.1 Å². The maximum absolute atomic E-state index is 12.6. The Hall–Kier alpha value is -1.23. The average Bonchev–Trinajstić information content (AvgIpc) is 2.39. The topological polar surface area (TPSA) is 21.3 Å². The first-order valence-electron chi connectivity index (χ1n) is 4.61. The Labute approximate surface area is 85.0 Å². The fraction of sp³-hybridized carbons (Fsp3) is 0.400. The van der Waals surface area contributed by atoms with Crippen molar-refractivity contribution in [1.29, 1.82) is 0 Å². The van der Waals surface area contributed by atoms with Gasteiger partial charge in [0.15, 0.2) is 0 Å². The molecule has 1 heterocycles. The van der Waals surface area contributed by atoms with E-state index in [1.807, 2.05) is 0 Å². The first kappa shape index (κ1) is 10.3. The summed E-state index contributed by atoms with van der Waals surface area (Å²) in [5, 5.41) is 2.89. The molecule has 1 aromatic rings. The highest BCUT2D eigenvalue weighted by Crippen LogP contribution is 2.36. The largest absolute Gasteiger partial charge is 0.492 e. The van der Waals surface area contributed by atoms with Crippen LogP contribution in [-0.2, 0) is 12.7 Å².